The first-order valence-corrected chi connectivity index (χ1v) is 9.48. The van der Waals surface area contributed by atoms with Crippen molar-refractivity contribution in [3.05, 3.63) is 41.5 Å². The van der Waals surface area contributed by atoms with Crippen molar-refractivity contribution in [1.82, 2.24) is 0 Å². The normalized spacial score (nSPS) is 18.1. The molecule has 1 rings (SSSR count). The Hall–Kier alpha value is -1.36. The molecule has 0 amide bonds. The lowest BCUT2D eigenvalue weighted by Crippen LogP contribution is -2.39. The topological polar surface area (TPSA) is 58.9 Å². The van der Waals surface area contributed by atoms with E-state index in [9.17, 15) is 10.2 Å². The Morgan fingerprint density at radius 2 is 1.62 bits per heavy atom. The molecule has 2 N–H and O–H groups in total. The van der Waals surface area contributed by atoms with Crippen LogP contribution < -0.4 is 4.74 Å². The number of hydrogen-bond acceptors (Lipinski definition) is 4. The maximum absolute atomic E-state index is 10.6. The van der Waals surface area contributed by atoms with Crippen LogP contribution in [0.4, 0.5) is 0 Å². The molecule has 0 saturated heterocycles. The van der Waals surface area contributed by atoms with Crippen LogP contribution in [0.5, 0.6) is 5.75 Å². The van der Waals surface area contributed by atoms with Gasteiger partial charge in [0.05, 0.1) is 32.5 Å². The van der Waals surface area contributed by atoms with Crippen molar-refractivity contribution in [3.63, 3.8) is 0 Å². The number of methoxy groups -OCH3 is 1. The molecule has 0 bridgehead atoms. The van der Waals surface area contributed by atoms with Crippen LogP contribution in [-0.2, 0) is 11.3 Å². The molecule has 0 unspecified atom stereocenters. The first-order chi connectivity index (χ1) is 12.3. The molecule has 26 heavy (non-hydrogen) atoms. The van der Waals surface area contributed by atoms with E-state index in [1.807, 2.05) is 52.0 Å². The molecular formula is C22H36O4. The molecule has 148 valence electrons. The standard InChI is InChI=1S/C22H36O4/c1-7-15(2)12-16(3)21(23)18(5)22(24)17(4)13-26-14-19-8-10-20(25-6)11-9-19/h7-11,16-18,21-24H,12-14H2,1-6H3/b15-7+/t16-,17+,18-,21+,22-/m0/s1. The largest absolute Gasteiger partial charge is 0.497 e. The zero-order chi connectivity index (χ0) is 19.7. The van der Waals surface area contributed by atoms with Crippen LogP contribution in [0.25, 0.3) is 0 Å². The van der Waals surface area contributed by atoms with Gasteiger partial charge in [0.2, 0.25) is 0 Å². The lowest BCUT2D eigenvalue weighted by Gasteiger charge is -2.31. The predicted octanol–water partition coefficient (Wildman–Crippen LogP) is 4.20. The Morgan fingerprint density at radius 3 is 2.15 bits per heavy atom. The second-order valence-corrected chi connectivity index (χ2v) is 7.50. The molecule has 0 aliphatic rings. The predicted molar refractivity (Wildman–Crippen MR) is 106 cm³/mol. The molecule has 0 spiro atoms. The molecule has 0 radical (unpaired) electrons. The lowest BCUT2D eigenvalue weighted by molar-refractivity contribution is -0.0489. The number of aliphatic hydroxyl groups is 2. The molecule has 4 nitrogen and oxygen atoms in total. The number of aliphatic hydroxyl groups excluding tert-OH is 2. The van der Waals surface area contributed by atoms with Gasteiger partial charge in [-0.15, -0.1) is 0 Å². The van der Waals surface area contributed by atoms with E-state index in [-0.39, 0.29) is 17.8 Å². The third-order valence-electron chi connectivity index (χ3n) is 5.19. The van der Waals surface area contributed by atoms with Crippen LogP contribution >= 0.6 is 0 Å². The van der Waals surface area contributed by atoms with Gasteiger partial charge in [-0.05, 0) is 43.9 Å². The summed E-state index contributed by atoms with van der Waals surface area (Å²) >= 11 is 0. The van der Waals surface area contributed by atoms with E-state index in [1.54, 1.807) is 7.11 Å². The lowest BCUT2D eigenvalue weighted by atomic mass is 9.82. The summed E-state index contributed by atoms with van der Waals surface area (Å²) in [6, 6.07) is 7.75. The van der Waals surface area contributed by atoms with Crippen LogP contribution in [0.2, 0.25) is 0 Å². The van der Waals surface area contributed by atoms with Gasteiger partial charge in [0.1, 0.15) is 5.75 Å². The Labute approximate surface area is 158 Å². The molecule has 0 aromatic heterocycles. The molecular weight excluding hydrogens is 328 g/mol. The van der Waals surface area contributed by atoms with Crippen molar-refractivity contribution in [2.75, 3.05) is 13.7 Å². The van der Waals surface area contributed by atoms with E-state index < -0.39 is 12.2 Å². The van der Waals surface area contributed by atoms with E-state index in [1.165, 1.54) is 5.57 Å². The average molecular weight is 365 g/mol. The molecule has 5 atom stereocenters. The molecule has 4 heteroatoms. The van der Waals surface area contributed by atoms with E-state index in [2.05, 4.69) is 13.0 Å². The van der Waals surface area contributed by atoms with Gasteiger partial charge >= 0.3 is 0 Å². The quantitative estimate of drug-likeness (QED) is 0.578. The fourth-order valence-electron chi connectivity index (χ4n) is 3.17. The highest BCUT2D eigenvalue weighted by atomic mass is 16.5. The molecule has 0 heterocycles. The van der Waals surface area contributed by atoms with Crippen molar-refractivity contribution < 1.29 is 19.7 Å². The van der Waals surface area contributed by atoms with Gasteiger partial charge in [-0.2, -0.15) is 0 Å². The van der Waals surface area contributed by atoms with Gasteiger partial charge in [0, 0.05) is 11.8 Å². The Morgan fingerprint density at radius 1 is 1.04 bits per heavy atom. The number of benzene rings is 1. The highest BCUT2D eigenvalue weighted by Gasteiger charge is 2.30. The summed E-state index contributed by atoms with van der Waals surface area (Å²) in [5.41, 5.74) is 2.32. The van der Waals surface area contributed by atoms with Crippen molar-refractivity contribution in [1.29, 1.82) is 0 Å². The van der Waals surface area contributed by atoms with Crippen LogP contribution in [0.1, 0.15) is 46.6 Å². The minimum absolute atomic E-state index is 0.0482. The number of hydrogen-bond donors (Lipinski definition) is 2. The van der Waals surface area contributed by atoms with E-state index in [0.29, 0.717) is 13.2 Å². The smallest absolute Gasteiger partial charge is 0.118 e. The molecule has 0 fully saturated rings. The fourth-order valence-corrected chi connectivity index (χ4v) is 3.17. The molecule has 0 aliphatic heterocycles. The SMILES string of the molecule is C/C=C(\C)C[C@H](C)[C@@H](O)[C@H](C)[C@@H](O)[C@H](C)COCc1ccc(OC)cc1. The Balaban J connectivity index is 2.45. The van der Waals surface area contributed by atoms with Crippen molar-refractivity contribution in [2.45, 2.75) is 59.9 Å². The van der Waals surface area contributed by atoms with Gasteiger partial charge in [-0.1, -0.05) is 44.6 Å². The summed E-state index contributed by atoms with van der Waals surface area (Å²) in [4.78, 5) is 0. The number of ether oxygens (including phenoxy) is 2. The molecule has 1 aromatic carbocycles. The minimum Gasteiger partial charge on any atom is -0.497 e. The highest BCUT2D eigenvalue weighted by Crippen LogP contribution is 2.25. The number of allylic oxidation sites excluding steroid dienone is 2. The molecule has 0 aliphatic carbocycles. The summed E-state index contributed by atoms with van der Waals surface area (Å²) in [5.74, 6) is 0.688. The van der Waals surface area contributed by atoms with E-state index in [4.69, 9.17) is 9.47 Å². The summed E-state index contributed by atoms with van der Waals surface area (Å²) < 4.78 is 10.9. The van der Waals surface area contributed by atoms with Gasteiger partial charge in [-0.3, -0.25) is 0 Å². The number of rotatable bonds is 11. The van der Waals surface area contributed by atoms with Gasteiger partial charge in [0.15, 0.2) is 0 Å². The molecule has 1 aromatic rings. The first kappa shape index (κ1) is 22.7. The summed E-state index contributed by atoms with van der Waals surface area (Å²) in [7, 11) is 1.64. The second-order valence-electron chi connectivity index (χ2n) is 7.50. The fraction of sp³-hybridized carbons (Fsp3) is 0.636. The molecule has 0 saturated carbocycles. The van der Waals surface area contributed by atoms with Crippen molar-refractivity contribution in [3.8, 4) is 5.75 Å². The summed E-state index contributed by atoms with van der Waals surface area (Å²) in [6.07, 6.45) is 1.77. The zero-order valence-corrected chi connectivity index (χ0v) is 17.1. The van der Waals surface area contributed by atoms with E-state index in [0.717, 1.165) is 17.7 Å². The Kier molecular flexibility index (Phi) is 9.92. The summed E-state index contributed by atoms with van der Waals surface area (Å²) in [5, 5.41) is 21.2. The van der Waals surface area contributed by atoms with E-state index >= 15 is 0 Å². The minimum atomic E-state index is -0.603. The Bertz CT molecular complexity index is 538. The van der Waals surface area contributed by atoms with Gasteiger partial charge < -0.3 is 19.7 Å². The third kappa shape index (κ3) is 7.10. The van der Waals surface area contributed by atoms with Gasteiger partial charge in [0.25, 0.3) is 0 Å². The first-order valence-electron chi connectivity index (χ1n) is 9.48. The van der Waals surface area contributed by atoms with Crippen LogP contribution in [0.3, 0.4) is 0 Å². The summed E-state index contributed by atoms with van der Waals surface area (Å²) in [6.45, 7) is 10.9. The maximum Gasteiger partial charge on any atom is 0.118 e. The van der Waals surface area contributed by atoms with Crippen molar-refractivity contribution in [2.24, 2.45) is 17.8 Å². The highest BCUT2D eigenvalue weighted by molar-refractivity contribution is 5.26. The monoisotopic (exact) mass is 364 g/mol. The zero-order valence-electron chi connectivity index (χ0n) is 17.1. The third-order valence-corrected chi connectivity index (χ3v) is 5.19. The van der Waals surface area contributed by atoms with Crippen molar-refractivity contribution >= 4 is 0 Å². The van der Waals surface area contributed by atoms with Crippen LogP contribution in [0, 0.1) is 17.8 Å². The maximum atomic E-state index is 10.6. The van der Waals surface area contributed by atoms with Crippen LogP contribution in [0.15, 0.2) is 35.9 Å². The van der Waals surface area contributed by atoms with Gasteiger partial charge in [-0.25, -0.2) is 0 Å². The average Bonchev–Trinajstić information content (AvgIpc) is 2.66. The van der Waals surface area contributed by atoms with Crippen LogP contribution in [-0.4, -0.2) is 36.1 Å². The second kappa shape index (κ2) is 11.4.